The first-order chi connectivity index (χ1) is 12.3. The summed E-state index contributed by atoms with van der Waals surface area (Å²) < 4.78 is 32.9. The molecule has 0 aliphatic heterocycles. The number of halogens is 1. The van der Waals surface area contributed by atoms with E-state index in [0.717, 1.165) is 11.6 Å². The Bertz CT molecular complexity index is 1050. The summed E-state index contributed by atoms with van der Waals surface area (Å²) in [7, 11) is -3.98. The predicted octanol–water partition coefficient (Wildman–Crippen LogP) is 2.39. The third-order valence-corrected chi connectivity index (χ3v) is 4.55. The minimum absolute atomic E-state index is 0.0258. The van der Waals surface area contributed by atoms with E-state index in [1.165, 1.54) is 12.1 Å². The molecule has 3 aromatic rings. The van der Waals surface area contributed by atoms with Gasteiger partial charge in [0.2, 0.25) is 15.8 Å². The van der Waals surface area contributed by atoms with Crippen molar-refractivity contribution in [1.29, 1.82) is 0 Å². The fourth-order valence-electron chi connectivity index (χ4n) is 2.06. The van der Waals surface area contributed by atoms with Gasteiger partial charge in [-0.25, -0.2) is 18.4 Å². The fourth-order valence-corrected chi connectivity index (χ4v) is 2.80. The van der Waals surface area contributed by atoms with Crippen molar-refractivity contribution in [3.05, 3.63) is 65.0 Å². The highest BCUT2D eigenvalue weighted by atomic mass is 35.5. The number of nitrogens with zero attached hydrogens (tertiary/aromatic N) is 2. The van der Waals surface area contributed by atoms with Gasteiger partial charge in [0.15, 0.2) is 6.61 Å². The Hall–Kier alpha value is -2.75. The van der Waals surface area contributed by atoms with Crippen molar-refractivity contribution in [2.75, 3.05) is 0 Å². The minimum atomic E-state index is -3.98. The van der Waals surface area contributed by atoms with Crippen LogP contribution < -0.4 is 5.14 Å². The maximum atomic E-state index is 12.2. The molecule has 0 aliphatic carbocycles. The largest absolute Gasteiger partial charge is 0.452 e. The molecular formula is C16H12ClN3O5S. The fraction of sp³-hybridized carbons (Fsp3) is 0.0625. The number of sulfonamides is 1. The van der Waals surface area contributed by atoms with E-state index in [-0.39, 0.29) is 28.0 Å². The Labute approximate surface area is 153 Å². The molecule has 10 heteroatoms. The van der Waals surface area contributed by atoms with Gasteiger partial charge in [0, 0.05) is 5.56 Å². The Morgan fingerprint density at radius 2 is 1.92 bits per heavy atom. The Kier molecular flexibility index (Phi) is 5.03. The molecule has 0 saturated carbocycles. The summed E-state index contributed by atoms with van der Waals surface area (Å²) in [6, 6.07) is 12.6. The Morgan fingerprint density at radius 1 is 1.19 bits per heavy atom. The van der Waals surface area contributed by atoms with E-state index in [1.54, 1.807) is 12.1 Å². The lowest BCUT2D eigenvalue weighted by atomic mass is 10.2. The monoisotopic (exact) mass is 393 g/mol. The number of benzene rings is 2. The molecule has 1 heterocycles. The van der Waals surface area contributed by atoms with Crippen molar-refractivity contribution < 1.29 is 22.5 Å². The van der Waals surface area contributed by atoms with Gasteiger partial charge in [-0.2, -0.15) is 4.98 Å². The van der Waals surface area contributed by atoms with Crippen LogP contribution in [0.5, 0.6) is 0 Å². The van der Waals surface area contributed by atoms with Gasteiger partial charge in [0.1, 0.15) is 0 Å². The molecule has 8 nitrogen and oxygen atoms in total. The predicted molar refractivity (Wildman–Crippen MR) is 91.7 cm³/mol. The number of ether oxygens (including phenoxy) is 1. The molecule has 0 unspecified atom stereocenters. The highest BCUT2D eigenvalue weighted by molar-refractivity contribution is 7.89. The van der Waals surface area contributed by atoms with Gasteiger partial charge in [0.05, 0.1) is 15.5 Å². The van der Waals surface area contributed by atoms with E-state index in [1.807, 2.05) is 18.2 Å². The van der Waals surface area contributed by atoms with Gasteiger partial charge in [-0.05, 0) is 18.2 Å². The van der Waals surface area contributed by atoms with Crippen molar-refractivity contribution in [1.82, 2.24) is 10.1 Å². The number of esters is 1. The van der Waals surface area contributed by atoms with Gasteiger partial charge in [-0.3, -0.25) is 0 Å². The Balaban J connectivity index is 1.73. The van der Waals surface area contributed by atoms with Crippen LogP contribution >= 0.6 is 11.6 Å². The number of carbonyl (C=O) groups excluding carboxylic acids is 1. The van der Waals surface area contributed by atoms with E-state index in [2.05, 4.69) is 10.1 Å². The van der Waals surface area contributed by atoms with Gasteiger partial charge >= 0.3 is 5.97 Å². The summed E-state index contributed by atoms with van der Waals surface area (Å²) in [4.78, 5) is 16.0. The lowest BCUT2D eigenvalue weighted by Gasteiger charge is -2.06. The zero-order valence-electron chi connectivity index (χ0n) is 13.1. The lowest BCUT2D eigenvalue weighted by molar-refractivity contribution is 0.0429. The summed E-state index contributed by atoms with van der Waals surface area (Å²) >= 11 is 5.92. The molecule has 0 bridgehead atoms. The maximum absolute atomic E-state index is 12.2. The lowest BCUT2D eigenvalue weighted by Crippen LogP contribution is -2.14. The van der Waals surface area contributed by atoms with Crippen LogP contribution in [0.4, 0.5) is 0 Å². The zero-order chi connectivity index (χ0) is 18.7. The third-order valence-electron chi connectivity index (χ3n) is 3.31. The first kappa shape index (κ1) is 18.1. The van der Waals surface area contributed by atoms with E-state index in [0.29, 0.717) is 5.82 Å². The molecule has 1 aromatic heterocycles. The molecule has 26 heavy (non-hydrogen) atoms. The number of carbonyl (C=O) groups is 1. The van der Waals surface area contributed by atoms with E-state index in [9.17, 15) is 13.2 Å². The smallest absolute Gasteiger partial charge is 0.340 e. The highest BCUT2D eigenvalue weighted by Crippen LogP contribution is 2.21. The summed E-state index contributed by atoms with van der Waals surface area (Å²) in [6.07, 6.45) is 0. The number of hydrogen-bond acceptors (Lipinski definition) is 7. The van der Waals surface area contributed by atoms with Gasteiger partial charge in [-0.15, -0.1) is 0 Å². The van der Waals surface area contributed by atoms with Crippen molar-refractivity contribution in [3.63, 3.8) is 0 Å². The third kappa shape index (κ3) is 4.07. The van der Waals surface area contributed by atoms with Crippen LogP contribution in [0.2, 0.25) is 5.02 Å². The van der Waals surface area contributed by atoms with Crippen LogP contribution in [0.25, 0.3) is 11.4 Å². The van der Waals surface area contributed by atoms with E-state index >= 15 is 0 Å². The molecule has 0 spiro atoms. The topological polar surface area (TPSA) is 125 Å². The van der Waals surface area contributed by atoms with E-state index < -0.39 is 16.0 Å². The van der Waals surface area contributed by atoms with Crippen LogP contribution in [0.1, 0.15) is 16.2 Å². The number of rotatable bonds is 5. The molecule has 134 valence electrons. The molecule has 2 N–H and O–H groups in total. The minimum Gasteiger partial charge on any atom is -0.452 e. The standard InChI is InChI=1S/C16H12ClN3O5S/c17-13-7-6-11(26(18,22)23)8-12(13)16(21)24-9-14-19-15(20-25-14)10-4-2-1-3-5-10/h1-8H,9H2,(H2,18,22,23). The molecule has 0 atom stereocenters. The van der Waals surface area contributed by atoms with Crippen LogP contribution in [-0.4, -0.2) is 24.5 Å². The second-order valence-corrected chi connectivity index (χ2v) is 7.11. The highest BCUT2D eigenvalue weighted by Gasteiger charge is 2.18. The molecule has 0 aliphatic rings. The van der Waals surface area contributed by atoms with Crippen LogP contribution in [0, 0.1) is 0 Å². The van der Waals surface area contributed by atoms with Crippen LogP contribution in [0.15, 0.2) is 57.9 Å². The molecule has 0 saturated heterocycles. The molecule has 3 rings (SSSR count). The normalized spacial score (nSPS) is 11.3. The summed E-state index contributed by atoms with van der Waals surface area (Å²) in [6.45, 7) is -0.297. The number of hydrogen-bond donors (Lipinski definition) is 1. The van der Waals surface area contributed by atoms with Gasteiger partial charge in [-0.1, -0.05) is 47.1 Å². The number of primary sulfonamides is 1. The van der Waals surface area contributed by atoms with Crippen molar-refractivity contribution in [2.45, 2.75) is 11.5 Å². The number of aromatic nitrogens is 2. The quantitative estimate of drug-likeness (QED) is 0.659. The summed E-state index contributed by atoms with van der Waals surface area (Å²) in [5.41, 5.74) is 0.610. The molecule has 2 aromatic carbocycles. The summed E-state index contributed by atoms with van der Waals surface area (Å²) in [5, 5.41) is 8.87. The van der Waals surface area contributed by atoms with Crippen molar-refractivity contribution >= 4 is 27.6 Å². The van der Waals surface area contributed by atoms with Crippen molar-refractivity contribution in [3.8, 4) is 11.4 Å². The second-order valence-electron chi connectivity index (χ2n) is 5.14. The van der Waals surface area contributed by atoms with E-state index in [4.69, 9.17) is 26.0 Å². The molecular weight excluding hydrogens is 382 g/mol. The van der Waals surface area contributed by atoms with Crippen LogP contribution in [0.3, 0.4) is 0 Å². The first-order valence-electron chi connectivity index (χ1n) is 7.22. The molecule has 0 fully saturated rings. The second kappa shape index (κ2) is 7.24. The first-order valence-corrected chi connectivity index (χ1v) is 9.14. The Morgan fingerprint density at radius 3 is 2.62 bits per heavy atom. The molecule has 0 radical (unpaired) electrons. The maximum Gasteiger partial charge on any atom is 0.340 e. The number of nitrogens with two attached hydrogens (primary N) is 1. The average Bonchev–Trinajstić information content (AvgIpc) is 3.09. The molecule has 0 amide bonds. The van der Waals surface area contributed by atoms with Gasteiger partial charge in [0.25, 0.3) is 5.89 Å². The average molecular weight is 394 g/mol. The zero-order valence-corrected chi connectivity index (χ0v) is 14.7. The van der Waals surface area contributed by atoms with Crippen LogP contribution in [-0.2, 0) is 21.4 Å². The van der Waals surface area contributed by atoms with Gasteiger partial charge < -0.3 is 9.26 Å². The van der Waals surface area contributed by atoms with Crippen molar-refractivity contribution in [2.24, 2.45) is 5.14 Å². The summed E-state index contributed by atoms with van der Waals surface area (Å²) in [5.74, 6) is -0.415. The SMILES string of the molecule is NS(=O)(=O)c1ccc(Cl)c(C(=O)OCc2nc(-c3ccccc3)no2)c1.